The highest BCUT2D eigenvalue weighted by Gasteiger charge is 2.44. The monoisotopic (exact) mass is 820 g/mol. The van der Waals surface area contributed by atoms with Gasteiger partial charge in [0.05, 0.1) is 25.4 Å². The highest BCUT2D eigenvalue weighted by molar-refractivity contribution is 5.76. The summed E-state index contributed by atoms with van der Waals surface area (Å²) in [5, 5.41) is 54.2. The molecule has 1 aliphatic heterocycles. The van der Waals surface area contributed by atoms with Crippen molar-refractivity contribution in [1.82, 2.24) is 5.32 Å². The first-order valence-electron chi connectivity index (χ1n) is 23.9. The first kappa shape index (κ1) is 54.2. The number of unbranched alkanes of at least 4 members (excludes halogenated alkanes) is 23. The third-order valence-electron chi connectivity index (χ3n) is 11.1. The largest absolute Gasteiger partial charge is 0.394 e. The van der Waals surface area contributed by atoms with Crippen molar-refractivity contribution in [2.75, 3.05) is 13.2 Å². The number of hydrogen-bond donors (Lipinski definition) is 6. The zero-order valence-corrected chi connectivity index (χ0v) is 37.0. The number of hydrogen-bond acceptors (Lipinski definition) is 8. The Labute approximate surface area is 354 Å². The summed E-state index contributed by atoms with van der Waals surface area (Å²) in [6.07, 6.45) is 42.9. The molecular formula is C49H89NO8. The second-order valence-electron chi connectivity index (χ2n) is 16.5. The van der Waals surface area contributed by atoms with Gasteiger partial charge in [-0.1, -0.05) is 172 Å². The molecule has 0 aliphatic carbocycles. The molecule has 58 heavy (non-hydrogen) atoms. The van der Waals surface area contributed by atoms with Crippen molar-refractivity contribution >= 4 is 5.91 Å². The molecule has 9 heteroatoms. The van der Waals surface area contributed by atoms with Gasteiger partial charge < -0.3 is 40.3 Å². The summed E-state index contributed by atoms with van der Waals surface area (Å²) in [4.78, 5) is 13.0. The van der Waals surface area contributed by atoms with Crippen LogP contribution in [0.5, 0.6) is 0 Å². The highest BCUT2D eigenvalue weighted by atomic mass is 16.7. The van der Waals surface area contributed by atoms with Gasteiger partial charge in [0.1, 0.15) is 24.4 Å². The minimum atomic E-state index is -1.57. The predicted molar refractivity (Wildman–Crippen MR) is 239 cm³/mol. The molecule has 1 heterocycles. The molecule has 1 fully saturated rings. The van der Waals surface area contributed by atoms with Crippen LogP contribution in [0.2, 0.25) is 0 Å². The Bertz CT molecular complexity index is 1050. The molecular weight excluding hydrogens is 731 g/mol. The fourth-order valence-electron chi connectivity index (χ4n) is 7.24. The van der Waals surface area contributed by atoms with Crippen LogP contribution in [0, 0.1) is 0 Å². The van der Waals surface area contributed by atoms with E-state index < -0.39 is 49.5 Å². The smallest absolute Gasteiger partial charge is 0.220 e. The van der Waals surface area contributed by atoms with Crippen molar-refractivity contribution in [2.24, 2.45) is 0 Å². The van der Waals surface area contributed by atoms with Crippen LogP contribution in [0.3, 0.4) is 0 Å². The van der Waals surface area contributed by atoms with Gasteiger partial charge in [-0.25, -0.2) is 0 Å². The number of carbonyl (C=O) groups excluding carboxylic acids is 1. The van der Waals surface area contributed by atoms with E-state index in [-0.39, 0.29) is 12.5 Å². The molecule has 1 rings (SSSR count). The predicted octanol–water partition coefficient (Wildman–Crippen LogP) is 10.2. The number of ether oxygens (including phenoxy) is 2. The van der Waals surface area contributed by atoms with Crippen molar-refractivity contribution in [1.29, 1.82) is 0 Å². The Kier molecular flexibility index (Phi) is 36.7. The molecule has 0 saturated carbocycles. The van der Waals surface area contributed by atoms with E-state index in [0.29, 0.717) is 6.42 Å². The van der Waals surface area contributed by atoms with Crippen LogP contribution in [0.25, 0.3) is 0 Å². The fourth-order valence-corrected chi connectivity index (χ4v) is 7.24. The van der Waals surface area contributed by atoms with Gasteiger partial charge >= 0.3 is 0 Å². The Morgan fingerprint density at radius 3 is 1.45 bits per heavy atom. The number of aliphatic hydroxyl groups is 5. The third-order valence-corrected chi connectivity index (χ3v) is 11.1. The van der Waals surface area contributed by atoms with Crippen molar-refractivity contribution in [3.8, 4) is 0 Å². The minimum absolute atomic E-state index is 0.195. The summed E-state index contributed by atoms with van der Waals surface area (Å²) in [5.41, 5.74) is 0. The van der Waals surface area contributed by atoms with Crippen molar-refractivity contribution in [3.05, 3.63) is 48.6 Å². The summed E-state index contributed by atoms with van der Waals surface area (Å²) < 4.78 is 11.2. The van der Waals surface area contributed by atoms with Crippen LogP contribution in [0.4, 0.5) is 0 Å². The molecule has 0 radical (unpaired) electrons. The molecule has 0 aromatic heterocycles. The molecule has 7 atom stereocenters. The lowest BCUT2D eigenvalue weighted by molar-refractivity contribution is -0.302. The quantitative estimate of drug-likeness (QED) is 0.0265. The van der Waals surface area contributed by atoms with Gasteiger partial charge in [-0.2, -0.15) is 0 Å². The molecule has 338 valence electrons. The molecule has 6 N–H and O–H groups in total. The van der Waals surface area contributed by atoms with E-state index in [1.54, 1.807) is 6.08 Å². The molecule has 0 aromatic rings. The van der Waals surface area contributed by atoms with E-state index in [2.05, 4.69) is 55.6 Å². The number of carbonyl (C=O) groups is 1. The van der Waals surface area contributed by atoms with Gasteiger partial charge in [0.15, 0.2) is 6.29 Å². The van der Waals surface area contributed by atoms with Gasteiger partial charge in [-0.3, -0.25) is 4.79 Å². The summed E-state index contributed by atoms with van der Waals surface area (Å²) in [7, 11) is 0. The summed E-state index contributed by atoms with van der Waals surface area (Å²) in [6.45, 7) is 3.73. The lowest BCUT2D eigenvalue weighted by Gasteiger charge is -2.40. The number of amides is 1. The van der Waals surface area contributed by atoms with Crippen LogP contribution in [0.15, 0.2) is 48.6 Å². The van der Waals surface area contributed by atoms with Crippen LogP contribution in [0.1, 0.15) is 200 Å². The Morgan fingerprint density at radius 2 is 0.983 bits per heavy atom. The van der Waals surface area contributed by atoms with Crippen molar-refractivity contribution in [3.63, 3.8) is 0 Å². The van der Waals surface area contributed by atoms with E-state index in [1.807, 2.05) is 6.08 Å². The van der Waals surface area contributed by atoms with Gasteiger partial charge in [-0.05, 0) is 70.6 Å². The number of allylic oxidation sites excluding steroid dienone is 7. The molecule has 7 unspecified atom stereocenters. The standard InChI is InChI=1S/C49H89NO8/c1-3-5-7-9-11-13-15-17-19-21-22-23-25-27-29-31-33-35-37-39-45(53)50-42(41-57-49-48(56)47(55)46(54)44(40-51)58-49)43(52)38-36-34-32-30-28-26-24-20-18-16-14-12-10-8-6-4-2/h17-20,28,30,36,38,42-44,46-49,51-52,54-56H,3-16,21-27,29,31-35,37,39-41H2,1-2H3,(H,50,53)/b19-17-,20-18+,30-28+,38-36+. The van der Waals surface area contributed by atoms with Crippen molar-refractivity contribution in [2.45, 2.75) is 243 Å². The molecule has 0 spiro atoms. The SMILES string of the molecule is CCCCCCCC/C=C\CCCCCCCCCCCC(=O)NC(COC1OC(CO)C(O)C(O)C1O)C(O)/C=C/CC/C=C/CC/C=C/CCCCCCCC. The zero-order valence-electron chi connectivity index (χ0n) is 37.0. The van der Waals surface area contributed by atoms with Crippen LogP contribution in [-0.2, 0) is 14.3 Å². The number of rotatable bonds is 39. The average Bonchev–Trinajstić information content (AvgIpc) is 3.22. The molecule has 1 saturated heterocycles. The van der Waals surface area contributed by atoms with Gasteiger partial charge in [0.2, 0.25) is 5.91 Å². The van der Waals surface area contributed by atoms with Crippen LogP contribution in [-0.4, -0.2) is 87.5 Å². The van der Waals surface area contributed by atoms with E-state index in [4.69, 9.17) is 9.47 Å². The average molecular weight is 820 g/mol. The van der Waals surface area contributed by atoms with E-state index in [9.17, 15) is 30.3 Å². The summed E-state index contributed by atoms with van der Waals surface area (Å²) >= 11 is 0. The molecule has 1 aliphatic rings. The van der Waals surface area contributed by atoms with E-state index in [1.165, 1.54) is 128 Å². The van der Waals surface area contributed by atoms with Gasteiger partial charge in [0, 0.05) is 6.42 Å². The molecule has 0 bridgehead atoms. The maximum atomic E-state index is 13.0. The Morgan fingerprint density at radius 1 is 0.569 bits per heavy atom. The lowest BCUT2D eigenvalue weighted by Crippen LogP contribution is -2.60. The first-order valence-corrected chi connectivity index (χ1v) is 23.9. The third kappa shape index (κ3) is 29.4. The minimum Gasteiger partial charge on any atom is -0.394 e. The van der Waals surface area contributed by atoms with E-state index >= 15 is 0 Å². The van der Waals surface area contributed by atoms with Crippen molar-refractivity contribution < 1.29 is 39.8 Å². The summed E-state index contributed by atoms with van der Waals surface area (Å²) in [5.74, 6) is -0.195. The lowest BCUT2D eigenvalue weighted by atomic mass is 9.99. The molecule has 1 amide bonds. The fraction of sp³-hybridized carbons (Fsp3) is 0.816. The van der Waals surface area contributed by atoms with Crippen LogP contribution < -0.4 is 5.32 Å². The topological polar surface area (TPSA) is 149 Å². The Hall–Kier alpha value is -1.85. The Balaban J connectivity index is 2.37. The molecule has 0 aromatic carbocycles. The van der Waals surface area contributed by atoms with E-state index in [0.717, 1.165) is 51.4 Å². The van der Waals surface area contributed by atoms with Gasteiger partial charge in [0.25, 0.3) is 0 Å². The zero-order chi connectivity index (χ0) is 42.3. The summed E-state index contributed by atoms with van der Waals surface area (Å²) in [6, 6.07) is -0.828. The first-order chi connectivity index (χ1) is 28.3. The van der Waals surface area contributed by atoms with Gasteiger partial charge in [-0.15, -0.1) is 0 Å². The van der Waals surface area contributed by atoms with Crippen LogP contribution >= 0.6 is 0 Å². The molecule has 9 nitrogen and oxygen atoms in total. The number of nitrogens with one attached hydrogen (secondary N) is 1. The normalized spacial score (nSPS) is 21.3. The second-order valence-corrected chi connectivity index (χ2v) is 16.5. The maximum Gasteiger partial charge on any atom is 0.220 e. The highest BCUT2D eigenvalue weighted by Crippen LogP contribution is 2.22. The number of aliphatic hydroxyl groups excluding tert-OH is 5. The maximum absolute atomic E-state index is 13.0. The second kappa shape index (κ2) is 39.3.